The molecule has 0 radical (unpaired) electrons. The Morgan fingerprint density at radius 2 is 1.76 bits per heavy atom. The van der Waals surface area contributed by atoms with E-state index in [-0.39, 0.29) is 5.63 Å². The number of aromatic amines is 1. The molecule has 0 bridgehead atoms. The first-order chi connectivity index (χ1) is 12.3. The number of anilines is 1. The molecule has 1 aliphatic heterocycles. The quantitative estimate of drug-likeness (QED) is 0.397. The van der Waals surface area contributed by atoms with E-state index >= 15 is 0 Å². The number of benzene rings is 2. The van der Waals surface area contributed by atoms with Crippen molar-refractivity contribution in [2.45, 2.75) is 6.54 Å². The monoisotopic (exact) mass is 331 g/mol. The van der Waals surface area contributed by atoms with Crippen LogP contribution in [0.2, 0.25) is 0 Å². The van der Waals surface area contributed by atoms with Gasteiger partial charge < -0.3 is 9.15 Å². The van der Waals surface area contributed by atoms with Gasteiger partial charge in [-0.15, -0.1) is 0 Å². The van der Waals surface area contributed by atoms with Crippen LogP contribution >= 0.6 is 0 Å². The predicted octanol–water partition coefficient (Wildman–Crippen LogP) is 3.12. The molecule has 4 aromatic rings. The average Bonchev–Trinajstić information content (AvgIpc) is 2.68. The number of pyridine rings is 1. The molecule has 0 spiro atoms. The lowest BCUT2D eigenvalue weighted by Crippen LogP contribution is -2.35. The van der Waals surface area contributed by atoms with Crippen molar-refractivity contribution >= 4 is 27.6 Å². The van der Waals surface area contributed by atoms with Crippen molar-refractivity contribution in [3.63, 3.8) is 0 Å². The highest BCUT2D eigenvalue weighted by Gasteiger charge is 2.27. The lowest BCUT2D eigenvalue weighted by Gasteiger charge is -2.24. The van der Waals surface area contributed by atoms with Gasteiger partial charge in [-0.2, -0.15) is 0 Å². The molecular formula is C20H15N2O3+. The van der Waals surface area contributed by atoms with Crippen molar-refractivity contribution in [3.05, 3.63) is 76.8 Å². The van der Waals surface area contributed by atoms with E-state index in [0.717, 1.165) is 27.9 Å². The topological polar surface area (TPSA) is 56.8 Å². The van der Waals surface area contributed by atoms with Crippen molar-refractivity contribution in [2.24, 2.45) is 0 Å². The Balaban J connectivity index is 1.73. The van der Waals surface area contributed by atoms with Crippen LogP contribution in [0.15, 0.2) is 70.0 Å². The molecule has 0 amide bonds. The van der Waals surface area contributed by atoms with Crippen LogP contribution in [0.25, 0.3) is 21.7 Å². The van der Waals surface area contributed by atoms with Gasteiger partial charge in [-0.05, 0) is 29.7 Å². The SMILES string of the molecule is O=c1oc2c3c(ccc2c2ccccc12)OCN(c1cccc[nH+]1)C3. The van der Waals surface area contributed by atoms with Gasteiger partial charge in [-0.25, -0.2) is 14.7 Å². The van der Waals surface area contributed by atoms with Crippen LogP contribution < -0.4 is 20.2 Å². The highest BCUT2D eigenvalue weighted by molar-refractivity contribution is 6.05. The number of H-pyrrole nitrogens is 1. The van der Waals surface area contributed by atoms with E-state index in [4.69, 9.17) is 9.15 Å². The van der Waals surface area contributed by atoms with E-state index in [1.54, 1.807) is 6.07 Å². The third-order valence-corrected chi connectivity index (χ3v) is 4.61. The van der Waals surface area contributed by atoms with E-state index in [1.807, 2.05) is 54.7 Å². The van der Waals surface area contributed by atoms with Crippen LogP contribution in [0, 0.1) is 0 Å². The van der Waals surface area contributed by atoms with Crippen molar-refractivity contribution in [3.8, 4) is 5.75 Å². The van der Waals surface area contributed by atoms with Gasteiger partial charge in [-0.3, -0.25) is 0 Å². The maximum Gasteiger partial charge on any atom is 0.344 e. The molecule has 1 N–H and O–H groups in total. The van der Waals surface area contributed by atoms with Gasteiger partial charge >= 0.3 is 5.63 Å². The molecule has 0 atom stereocenters. The fraction of sp³-hybridized carbons (Fsp3) is 0.100. The van der Waals surface area contributed by atoms with Crippen LogP contribution in [0.1, 0.15) is 5.56 Å². The van der Waals surface area contributed by atoms with Gasteiger partial charge in [0.15, 0.2) is 0 Å². The number of aromatic nitrogens is 1. The second-order valence-corrected chi connectivity index (χ2v) is 6.07. The highest BCUT2D eigenvalue weighted by atomic mass is 16.5. The first-order valence-electron chi connectivity index (χ1n) is 8.13. The minimum Gasteiger partial charge on any atom is -0.454 e. The van der Waals surface area contributed by atoms with Gasteiger partial charge in [-0.1, -0.05) is 24.3 Å². The van der Waals surface area contributed by atoms with Crippen LogP contribution in [0.4, 0.5) is 5.82 Å². The number of hydrogen-bond acceptors (Lipinski definition) is 4. The summed E-state index contributed by atoms with van der Waals surface area (Å²) < 4.78 is 11.6. The molecule has 2 aromatic carbocycles. The Labute approximate surface area is 143 Å². The summed E-state index contributed by atoms with van der Waals surface area (Å²) in [6.07, 6.45) is 1.88. The normalized spacial score (nSPS) is 13.7. The van der Waals surface area contributed by atoms with Crippen LogP contribution in [0.5, 0.6) is 5.75 Å². The second kappa shape index (κ2) is 5.34. The van der Waals surface area contributed by atoms with Crippen molar-refractivity contribution in [1.29, 1.82) is 0 Å². The summed E-state index contributed by atoms with van der Waals surface area (Å²) in [7, 11) is 0. The van der Waals surface area contributed by atoms with Gasteiger partial charge in [0.05, 0.1) is 17.1 Å². The summed E-state index contributed by atoms with van der Waals surface area (Å²) >= 11 is 0. The average molecular weight is 331 g/mol. The highest BCUT2D eigenvalue weighted by Crippen LogP contribution is 2.35. The molecule has 3 heterocycles. The van der Waals surface area contributed by atoms with E-state index in [2.05, 4.69) is 9.88 Å². The third-order valence-electron chi connectivity index (χ3n) is 4.61. The molecule has 1 aliphatic rings. The maximum absolute atomic E-state index is 12.4. The molecule has 2 aromatic heterocycles. The molecule has 0 saturated heterocycles. The standard InChI is InChI=1S/C20H14N2O3/c23-20-15-6-2-1-5-13(15)14-8-9-17-16(19(14)25-20)11-22(12-24-17)18-7-3-4-10-21-18/h1-10H,11-12H2/p+1. The lowest BCUT2D eigenvalue weighted by atomic mass is 10.0. The Bertz CT molecular complexity index is 1150. The number of hydrogen-bond donors (Lipinski definition) is 0. The smallest absolute Gasteiger partial charge is 0.344 e. The van der Waals surface area contributed by atoms with E-state index in [9.17, 15) is 4.79 Å². The molecule has 5 nitrogen and oxygen atoms in total. The molecule has 0 saturated carbocycles. The number of fused-ring (bicyclic) bond motifs is 5. The first-order valence-corrected chi connectivity index (χ1v) is 8.13. The van der Waals surface area contributed by atoms with Gasteiger partial charge in [0.1, 0.15) is 17.9 Å². The predicted molar refractivity (Wildman–Crippen MR) is 94.7 cm³/mol. The number of nitrogens with one attached hydrogen (secondary N) is 1. The van der Waals surface area contributed by atoms with Crippen LogP contribution in [-0.4, -0.2) is 6.73 Å². The Hall–Kier alpha value is -3.34. The molecule has 0 aliphatic carbocycles. The lowest BCUT2D eigenvalue weighted by molar-refractivity contribution is -0.364. The van der Waals surface area contributed by atoms with Crippen molar-refractivity contribution in [2.75, 3.05) is 11.6 Å². The zero-order chi connectivity index (χ0) is 16.8. The second-order valence-electron chi connectivity index (χ2n) is 6.07. The largest absolute Gasteiger partial charge is 0.454 e. The maximum atomic E-state index is 12.4. The first kappa shape index (κ1) is 14.0. The summed E-state index contributed by atoms with van der Waals surface area (Å²) in [6, 6.07) is 17.3. The fourth-order valence-electron chi connectivity index (χ4n) is 3.39. The van der Waals surface area contributed by atoms with Crippen LogP contribution in [-0.2, 0) is 6.54 Å². The summed E-state index contributed by atoms with van der Waals surface area (Å²) in [5.41, 5.74) is 1.17. The zero-order valence-corrected chi connectivity index (χ0v) is 13.4. The minimum absolute atomic E-state index is 0.320. The Morgan fingerprint density at radius 3 is 2.60 bits per heavy atom. The van der Waals surface area contributed by atoms with Crippen molar-refractivity contribution < 1.29 is 14.1 Å². The number of nitrogens with zero attached hydrogens (tertiary/aromatic N) is 1. The summed E-state index contributed by atoms with van der Waals surface area (Å²) in [5.74, 6) is 1.71. The summed E-state index contributed by atoms with van der Waals surface area (Å²) in [5, 5.41) is 2.43. The van der Waals surface area contributed by atoms with E-state index in [0.29, 0.717) is 24.2 Å². The van der Waals surface area contributed by atoms with E-state index < -0.39 is 0 Å². The minimum atomic E-state index is -0.320. The number of ether oxygens (including phenoxy) is 1. The molecule has 0 unspecified atom stereocenters. The molecule has 0 fully saturated rings. The van der Waals surface area contributed by atoms with Gasteiger partial charge in [0.2, 0.25) is 6.73 Å². The Morgan fingerprint density at radius 1 is 0.920 bits per heavy atom. The molecule has 25 heavy (non-hydrogen) atoms. The van der Waals surface area contributed by atoms with Crippen molar-refractivity contribution in [1.82, 2.24) is 0 Å². The molecular weight excluding hydrogens is 316 g/mol. The Kier molecular flexibility index (Phi) is 3.00. The molecule has 5 heteroatoms. The summed E-state index contributed by atoms with van der Waals surface area (Å²) in [4.78, 5) is 17.7. The summed E-state index contributed by atoms with van der Waals surface area (Å²) in [6.45, 7) is 1.05. The molecule has 122 valence electrons. The zero-order valence-electron chi connectivity index (χ0n) is 13.4. The molecule has 5 rings (SSSR count). The van der Waals surface area contributed by atoms with Crippen LogP contribution in [0.3, 0.4) is 0 Å². The van der Waals surface area contributed by atoms with Gasteiger partial charge in [0, 0.05) is 11.5 Å². The van der Waals surface area contributed by atoms with E-state index in [1.165, 1.54) is 0 Å². The fourth-order valence-corrected chi connectivity index (χ4v) is 3.39. The third kappa shape index (κ3) is 2.16. The number of rotatable bonds is 1. The van der Waals surface area contributed by atoms with Gasteiger partial charge in [0.25, 0.3) is 5.82 Å².